The Kier molecular flexibility index (Phi) is 19.4. The van der Waals surface area contributed by atoms with Crippen molar-refractivity contribution in [3.63, 3.8) is 0 Å². The minimum absolute atomic E-state index is 0.0227. The summed E-state index contributed by atoms with van der Waals surface area (Å²) in [4.78, 5) is 62.3. The van der Waals surface area contributed by atoms with Crippen LogP contribution < -0.4 is 15.4 Å². The predicted octanol–water partition coefficient (Wildman–Crippen LogP) is 8.90. The van der Waals surface area contributed by atoms with Gasteiger partial charge in [0.05, 0.1) is 12.6 Å². The van der Waals surface area contributed by atoms with E-state index >= 15 is 0 Å². The van der Waals surface area contributed by atoms with Crippen LogP contribution in [0.2, 0.25) is 0 Å². The number of halogens is 1. The van der Waals surface area contributed by atoms with Gasteiger partial charge in [0.1, 0.15) is 34.1 Å². The zero-order valence-corrected chi connectivity index (χ0v) is 35.9. The average molecular weight is 828 g/mol. The van der Waals surface area contributed by atoms with E-state index in [1.54, 1.807) is 95.2 Å². The van der Waals surface area contributed by atoms with Crippen molar-refractivity contribution in [2.45, 2.75) is 156 Å². The molecule has 1 unspecified atom stereocenters. The molecule has 1 atom stereocenters. The second kappa shape index (κ2) is 21.8. The largest absolute Gasteiger partial charge is 0.478 e. The number of imide groups is 1. The third-order valence-corrected chi connectivity index (χ3v) is 7.05. The van der Waals surface area contributed by atoms with E-state index in [1.807, 2.05) is 0 Å². The Morgan fingerprint density at radius 1 is 0.759 bits per heavy atom. The summed E-state index contributed by atoms with van der Waals surface area (Å²) in [5.41, 5.74) is -3.04. The maximum absolute atomic E-state index is 13.7. The molecule has 306 valence electrons. The summed E-state index contributed by atoms with van der Waals surface area (Å²) in [5, 5.41) is 14.2. The first-order valence-electron chi connectivity index (χ1n) is 18.3. The van der Waals surface area contributed by atoms with Gasteiger partial charge in [-0.3, -0.25) is 15.7 Å². The molecule has 54 heavy (non-hydrogen) atoms. The number of amides is 4. The number of alkyl carbamates (subject to hydrolysis) is 2. The first-order valence-corrected chi connectivity index (χ1v) is 19.5. The molecule has 0 saturated carbocycles. The lowest BCUT2D eigenvalue weighted by molar-refractivity contribution is 0.0133. The zero-order chi connectivity index (χ0) is 41.3. The van der Waals surface area contributed by atoms with Crippen molar-refractivity contribution < 1.29 is 42.9 Å². The third kappa shape index (κ3) is 21.7. The second-order valence-corrected chi connectivity index (χ2v) is 17.4. The molecule has 1 aromatic heterocycles. The van der Waals surface area contributed by atoms with Gasteiger partial charge in [-0.1, -0.05) is 35.2 Å². The highest BCUT2D eigenvalue weighted by molar-refractivity contribution is 9.09. The fraction of sp³-hybridized carbons (Fsp3) is 0.711. The topological polar surface area (TPSA) is 191 Å². The van der Waals surface area contributed by atoms with Crippen LogP contribution in [0.5, 0.6) is 5.88 Å². The van der Waals surface area contributed by atoms with E-state index in [0.717, 1.165) is 29.5 Å². The summed E-state index contributed by atoms with van der Waals surface area (Å²) >= 11 is 3.46. The SMILES string of the molecule is CC(C)(C)OC(=O)NC(=N)c1ccc(OCCCCN=C(C(CCCCCCBr)NC(=O)OC(C)(C)C)N(C(=O)OC(C)(C)C)C(=O)OC(C)(C)C)nc1. The molecule has 0 fully saturated rings. The lowest BCUT2D eigenvalue weighted by atomic mass is 10.1. The number of amidine groups is 2. The van der Waals surface area contributed by atoms with E-state index in [0.29, 0.717) is 37.1 Å². The Balaban J connectivity index is 3.28. The summed E-state index contributed by atoms with van der Waals surface area (Å²) in [6.45, 7) is 20.9. The fourth-order valence-electron chi connectivity index (χ4n) is 4.40. The van der Waals surface area contributed by atoms with Gasteiger partial charge in [-0.05, 0) is 115 Å². The standard InChI is InChI=1S/C38H63BrN6O9/c1-35(2,3)51-31(46)43-27(19-15-13-14-16-22-39)30(45(33(48)53-37(7,8)9)34(49)54-38(10,11)12)41-23-17-18-24-50-28-21-20-26(25-42-28)29(40)44-32(47)52-36(4,5)6/h20-21,25,27H,13-19,22-24H2,1-12H3,(H,43,46)(H2,40,44,47). The minimum Gasteiger partial charge on any atom is -0.478 e. The molecular weight excluding hydrogens is 764 g/mol. The number of alkyl halides is 1. The Morgan fingerprint density at radius 2 is 1.30 bits per heavy atom. The highest BCUT2D eigenvalue weighted by atomic mass is 79.9. The van der Waals surface area contributed by atoms with Crippen molar-refractivity contribution >= 4 is 52.0 Å². The quantitative estimate of drug-likeness (QED) is 0.0506. The van der Waals surface area contributed by atoms with E-state index in [2.05, 4.69) is 31.5 Å². The van der Waals surface area contributed by atoms with E-state index in [4.69, 9.17) is 34.1 Å². The van der Waals surface area contributed by atoms with Gasteiger partial charge in [-0.2, -0.15) is 4.90 Å². The van der Waals surface area contributed by atoms with Gasteiger partial charge in [0.15, 0.2) is 0 Å². The highest BCUT2D eigenvalue weighted by Crippen LogP contribution is 2.20. The van der Waals surface area contributed by atoms with Gasteiger partial charge in [0, 0.05) is 29.7 Å². The summed E-state index contributed by atoms with van der Waals surface area (Å²) in [5.74, 6) is 0.128. The Hall–Kier alpha value is -3.95. The maximum atomic E-state index is 13.7. The van der Waals surface area contributed by atoms with Crippen LogP contribution in [0.3, 0.4) is 0 Å². The van der Waals surface area contributed by atoms with Gasteiger partial charge in [0.25, 0.3) is 0 Å². The molecule has 16 heteroatoms. The van der Waals surface area contributed by atoms with Crippen LogP contribution in [-0.4, -0.2) is 92.9 Å². The number of carbonyl (C=O) groups is 4. The molecule has 0 aliphatic rings. The summed E-state index contributed by atoms with van der Waals surface area (Å²) < 4.78 is 27.8. The van der Waals surface area contributed by atoms with Crippen LogP contribution in [0.25, 0.3) is 0 Å². The molecular formula is C38H63BrN6O9. The first-order chi connectivity index (χ1) is 24.8. The van der Waals surface area contributed by atoms with Crippen LogP contribution >= 0.6 is 15.9 Å². The van der Waals surface area contributed by atoms with Crippen molar-refractivity contribution in [2.24, 2.45) is 4.99 Å². The Bertz CT molecular complexity index is 1380. The normalized spacial score (nSPS) is 12.9. The molecule has 0 aliphatic heterocycles. The van der Waals surface area contributed by atoms with Crippen molar-refractivity contribution in [3.05, 3.63) is 23.9 Å². The number of hydrogen-bond donors (Lipinski definition) is 3. The number of carbonyl (C=O) groups excluding carboxylic acids is 4. The molecule has 0 spiro atoms. The van der Waals surface area contributed by atoms with Crippen molar-refractivity contribution in [3.8, 4) is 5.88 Å². The second-order valence-electron chi connectivity index (χ2n) is 16.6. The van der Waals surface area contributed by atoms with Crippen LogP contribution in [0, 0.1) is 5.41 Å². The number of pyridine rings is 1. The molecule has 1 aromatic rings. The van der Waals surface area contributed by atoms with Crippen LogP contribution in [-0.2, 0) is 18.9 Å². The number of hydrogen-bond acceptors (Lipinski definition) is 12. The lowest BCUT2D eigenvalue weighted by Crippen LogP contribution is -2.55. The number of aliphatic imine (C=N–C) groups is 1. The van der Waals surface area contributed by atoms with Crippen LogP contribution in [0.15, 0.2) is 23.3 Å². The Morgan fingerprint density at radius 3 is 1.80 bits per heavy atom. The van der Waals surface area contributed by atoms with Crippen molar-refractivity contribution in [1.29, 1.82) is 5.41 Å². The number of unbranched alkanes of at least 4 members (excludes halogenated alkanes) is 4. The van der Waals surface area contributed by atoms with Crippen LogP contribution in [0.4, 0.5) is 19.2 Å². The number of rotatable bonds is 15. The zero-order valence-electron chi connectivity index (χ0n) is 34.3. The number of nitrogens with one attached hydrogen (secondary N) is 3. The van der Waals surface area contributed by atoms with Gasteiger partial charge >= 0.3 is 24.4 Å². The molecule has 0 aliphatic carbocycles. The summed E-state index contributed by atoms with van der Waals surface area (Å²) in [7, 11) is 0. The highest BCUT2D eigenvalue weighted by Gasteiger charge is 2.39. The van der Waals surface area contributed by atoms with E-state index in [9.17, 15) is 19.2 Å². The third-order valence-electron chi connectivity index (χ3n) is 6.49. The van der Waals surface area contributed by atoms with Gasteiger partial charge in [-0.25, -0.2) is 24.2 Å². The summed E-state index contributed by atoms with van der Waals surface area (Å²) in [6.07, 6.45) is 2.76. The molecule has 15 nitrogen and oxygen atoms in total. The van der Waals surface area contributed by atoms with Crippen molar-refractivity contribution in [1.82, 2.24) is 20.5 Å². The van der Waals surface area contributed by atoms with Gasteiger partial charge in [-0.15, -0.1) is 0 Å². The smallest absolute Gasteiger partial charge is 0.425 e. The molecule has 0 aromatic carbocycles. The minimum atomic E-state index is -0.988. The molecule has 1 heterocycles. The molecule has 1 rings (SSSR count). The van der Waals surface area contributed by atoms with E-state index in [1.165, 1.54) is 6.20 Å². The molecule has 0 radical (unpaired) electrons. The number of nitrogens with zero attached hydrogens (tertiary/aromatic N) is 3. The maximum Gasteiger partial charge on any atom is 0.425 e. The average Bonchev–Trinajstić information content (AvgIpc) is 2.98. The molecule has 3 N–H and O–H groups in total. The predicted molar refractivity (Wildman–Crippen MR) is 212 cm³/mol. The molecule has 0 bridgehead atoms. The van der Waals surface area contributed by atoms with E-state index < -0.39 is 52.8 Å². The van der Waals surface area contributed by atoms with Crippen molar-refractivity contribution in [2.75, 3.05) is 18.5 Å². The van der Waals surface area contributed by atoms with E-state index in [-0.39, 0.29) is 24.8 Å². The summed E-state index contributed by atoms with van der Waals surface area (Å²) in [6, 6.07) is 2.28. The molecule has 0 saturated heterocycles. The monoisotopic (exact) mass is 826 g/mol. The van der Waals surface area contributed by atoms with Gasteiger partial charge in [0.2, 0.25) is 5.88 Å². The Labute approximate surface area is 329 Å². The van der Waals surface area contributed by atoms with Crippen LogP contribution in [0.1, 0.15) is 134 Å². The number of ether oxygens (including phenoxy) is 5. The molecule has 4 amide bonds. The van der Waals surface area contributed by atoms with Gasteiger partial charge < -0.3 is 29.0 Å². The lowest BCUT2D eigenvalue weighted by Gasteiger charge is -2.32. The number of aromatic nitrogens is 1. The first kappa shape index (κ1) is 48.1. The fourth-order valence-corrected chi connectivity index (χ4v) is 4.80.